The quantitative estimate of drug-likeness (QED) is 0.780. The Kier molecular flexibility index (Phi) is 3.04. The number of nitrogens with zero attached hydrogens (tertiary/aromatic N) is 2. The first-order chi connectivity index (χ1) is 8.33. The molecule has 2 heterocycles. The van der Waals surface area contributed by atoms with Gasteiger partial charge < -0.3 is 10.2 Å². The Morgan fingerprint density at radius 1 is 1.24 bits per heavy atom. The fraction of sp³-hybridized carbons (Fsp3) is 0.571. The van der Waals surface area contributed by atoms with Gasteiger partial charge in [0.15, 0.2) is 0 Å². The molecule has 2 aliphatic rings. The van der Waals surface area contributed by atoms with Crippen molar-refractivity contribution in [2.75, 3.05) is 44.2 Å². The van der Waals surface area contributed by atoms with Gasteiger partial charge in [0, 0.05) is 51.0 Å². The molecule has 1 aromatic rings. The van der Waals surface area contributed by atoms with Crippen LogP contribution in [0.5, 0.6) is 0 Å². The van der Waals surface area contributed by atoms with Gasteiger partial charge in [-0.3, -0.25) is 4.90 Å². The van der Waals surface area contributed by atoms with Crippen molar-refractivity contribution in [1.29, 1.82) is 0 Å². The van der Waals surface area contributed by atoms with E-state index in [0.29, 0.717) is 6.04 Å². The summed E-state index contributed by atoms with van der Waals surface area (Å²) >= 11 is 0. The van der Waals surface area contributed by atoms with Gasteiger partial charge in [0.25, 0.3) is 0 Å². The van der Waals surface area contributed by atoms with Crippen LogP contribution in [0.25, 0.3) is 0 Å². The molecule has 3 heteroatoms. The summed E-state index contributed by atoms with van der Waals surface area (Å²) in [6.07, 6.45) is 0. The normalized spacial score (nSPS) is 25.7. The number of fused-ring (bicyclic) bond motifs is 1. The second kappa shape index (κ2) is 4.67. The number of anilines is 1. The smallest absolute Gasteiger partial charge is 0.0397 e. The van der Waals surface area contributed by atoms with Crippen LogP contribution in [-0.4, -0.2) is 50.2 Å². The Morgan fingerprint density at radius 2 is 2.18 bits per heavy atom. The molecule has 2 fully saturated rings. The van der Waals surface area contributed by atoms with Gasteiger partial charge in [-0.2, -0.15) is 0 Å². The average molecular weight is 231 g/mol. The molecule has 92 valence electrons. The number of benzene rings is 1. The lowest BCUT2D eigenvalue weighted by molar-refractivity contribution is 0.146. The van der Waals surface area contributed by atoms with Gasteiger partial charge in [0.2, 0.25) is 0 Å². The van der Waals surface area contributed by atoms with E-state index in [-0.39, 0.29) is 0 Å². The number of piperazine rings is 2. The maximum absolute atomic E-state index is 3.50. The van der Waals surface area contributed by atoms with Crippen molar-refractivity contribution in [3.8, 4) is 0 Å². The molecule has 2 aliphatic heterocycles. The van der Waals surface area contributed by atoms with E-state index in [9.17, 15) is 0 Å². The summed E-state index contributed by atoms with van der Waals surface area (Å²) in [5, 5.41) is 3.50. The maximum Gasteiger partial charge on any atom is 0.0397 e. The molecule has 0 aliphatic carbocycles. The van der Waals surface area contributed by atoms with E-state index in [2.05, 4.69) is 46.3 Å². The van der Waals surface area contributed by atoms with Gasteiger partial charge in [-0.1, -0.05) is 12.1 Å². The van der Waals surface area contributed by atoms with Crippen LogP contribution in [0.3, 0.4) is 0 Å². The molecule has 1 aromatic carbocycles. The molecule has 0 amide bonds. The van der Waals surface area contributed by atoms with Crippen LogP contribution in [0.4, 0.5) is 5.69 Å². The largest absolute Gasteiger partial charge is 0.369 e. The minimum absolute atomic E-state index is 0.693. The van der Waals surface area contributed by atoms with Gasteiger partial charge in [-0.15, -0.1) is 0 Å². The Balaban J connectivity index is 1.73. The van der Waals surface area contributed by atoms with Crippen molar-refractivity contribution in [1.82, 2.24) is 10.2 Å². The van der Waals surface area contributed by atoms with Crippen molar-refractivity contribution in [2.45, 2.75) is 13.0 Å². The standard InChI is InChI=1S/C14H21N3/c1-12-3-2-4-13(9-12)17-8-7-16-6-5-15-10-14(16)11-17/h2-4,9,14-15H,5-8,10-11H2,1H3. The zero-order valence-electron chi connectivity index (χ0n) is 10.5. The third kappa shape index (κ3) is 2.31. The van der Waals surface area contributed by atoms with Crippen molar-refractivity contribution in [3.05, 3.63) is 29.8 Å². The first-order valence-electron chi connectivity index (χ1n) is 6.59. The highest BCUT2D eigenvalue weighted by Crippen LogP contribution is 2.20. The van der Waals surface area contributed by atoms with Crippen LogP contribution in [0.15, 0.2) is 24.3 Å². The van der Waals surface area contributed by atoms with Crippen molar-refractivity contribution in [3.63, 3.8) is 0 Å². The third-order valence-electron chi connectivity index (χ3n) is 3.93. The predicted octanol–water partition coefficient (Wildman–Crippen LogP) is 1.09. The Labute approximate surface area is 103 Å². The molecule has 2 saturated heterocycles. The number of hydrogen-bond acceptors (Lipinski definition) is 3. The molecule has 17 heavy (non-hydrogen) atoms. The topological polar surface area (TPSA) is 18.5 Å². The lowest BCUT2D eigenvalue weighted by atomic mass is 10.1. The van der Waals surface area contributed by atoms with E-state index in [1.807, 2.05) is 0 Å². The highest BCUT2D eigenvalue weighted by Gasteiger charge is 2.28. The second-order valence-electron chi connectivity index (χ2n) is 5.18. The molecule has 0 saturated carbocycles. The fourth-order valence-electron chi connectivity index (χ4n) is 2.93. The summed E-state index contributed by atoms with van der Waals surface area (Å²) in [5.41, 5.74) is 2.74. The van der Waals surface area contributed by atoms with Crippen molar-refractivity contribution in [2.24, 2.45) is 0 Å². The second-order valence-corrected chi connectivity index (χ2v) is 5.18. The number of aryl methyl sites for hydroxylation is 1. The third-order valence-corrected chi connectivity index (χ3v) is 3.93. The first kappa shape index (κ1) is 11.1. The highest BCUT2D eigenvalue weighted by atomic mass is 15.3. The molecule has 0 spiro atoms. The minimum atomic E-state index is 0.693. The average Bonchev–Trinajstić information content (AvgIpc) is 2.38. The summed E-state index contributed by atoms with van der Waals surface area (Å²) in [6, 6.07) is 9.56. The van der Waals surface area contributed by atoms with Crippen molar-refractivity contribution < 1.29 is 0 Å². The van der Waals surface area contributed by atoms with E-state index in [1.165, 1.54) is 30.9 Å². The lowest BCUT2D eigenvalue weighted by Gasteiger charge is -2.45. The van der Waals surface area contributed by atoms with Gasteiger partial charge in [-0.25, -0.2) is 0 Å². The minimum Gasteiger partial charge on any atom is -0.369 e. The Bertz CT molecular complexity index is 391. The van der Waals surface area contributed by atoms with Crippen LogP contribution in [0.2, 0.25) is 0 Å². The molecule has 1 unspecified atom stereocenters. The Morgan fingerprint density at radius 3 is 3.06 bits per heavy atom. The molecular formula is C14H21N3. The zero-order chi connectivity index (χ0) is 11.7. The molecule has 0 radical (unpaired) electrons. The van der Waals surface area contributed by atoms with E-state index in [1.54, 1.807) is 0 Å². The van der Waals surface area contributed by atoms with Crippen LogP contribution in [0, 0.1) is 6.92 Å². The van der Waals surface area contributed by atoms with Gasteiger partial charge in [0.1, 0.15) is 0 Å². The van der Waals surface area contributed by atoms with Crippen LogP contribution >= 0.6 is 0 Å². The summed E-state index contributed by atoms with van der Waals surface area (Å²) < 4.78 is 0. The molecule has 0 bridgehead atoms. The molecule has 1 N–H and O–H groups in total. The van der Waals surface area contributed by atoms with Crippen LogP contribution in [0.1, 0.15) is 5.56 Å². The monoisotopic (exact) mass is 231 g/mol. The van der Waals surface area contributed by atoms with E-state index < -0.39 is 0 Å². The molecule has 3 rings (SSSR count). The molecule has 0 aromatic heterocycles. The summed E-state index contributed by atoms with van der Waals surface area (Å²) in [4.78, 5) is 5.16. The van der Waals surface area contributed by atoms with Gasteiger partial charge in [-0.05, 0) is 24.6 Å². The van der Waals surface area contributed by atoms with Crippen LogP contribution < -0.4 is 10.2 Å². The summed E-state index contributed by atoms with van der Waals surface area (Å²) in [5.74, 6) is 0. The lowest BCUT2D eigenvalue weighted by Crippen LogP contribution is -2.61. The predicted molar refractivity (Wildman–Crippen MR) is 71.6 cm³/mol. The summed E-state index contributed by atoms with van der Waals surface area (Å²) in [7, 11) is 0. The highest BCUT2D eigenvalue weighted by molar-refractivity contribution is 5.49. The number of hydrogen-bond donors (Lipinski definition) is 1. The fourth-order valence-corrected chi connectivity index (χ4v) is 2.93. The van der Waals surface area contributed by atoms with Crippen LogP contribution in [-0.2, 0) is 0 Å². The maximum atomic E-state index is 3.50. The van der Waals surface area contributed by atoms with Gasteiger partial charge in [0.05, 0.1) is 0 Å². The van der Waals surface area contributed by atoms with Crippen molar-refractivity contribution >= 4 is 5.69 Å². The van der Waals surface area contributed by atoms with E-state index in [0.717, 1.165) is 19.6 Å². The first-order valence-corrected chi connectivity index (χ1v) is 6.59. The summed E-state index contributed by atoms with van der Waals surface area (Å²) in [6.45, 7) is 9.22. The van der Waals surface area contributed by atoms with E-state index in [4.69, 9.17) is 0 Å². The SMILES string of the molecule is Cc1cccc(N2CCN3CCNCC3C2)c1. The number of nitrogens with one attached hydrogen (secondary N) is 1. The van der Waals surface area contributed by atoms with E-state index >= 15 is 0 Å². The number of rotatable bonds is 1. The molecule has 3 nitrogen and oxygen atoms in total. The Hall–Kier alpha value is -1.06. The zero-order valence-corrected chi connectivity index (χ0v) is 10.5. The molecular weight excluding hydrogens is 210 g/mol. The molecule has 1 atom stereocenters. The van der Waals surface area contributed by atoms with Gasteiger partial charge >= 0.3 is 0 Å².